The van der Waals surface area contributed by atoms with Crippen LogP contribution in [0.25, 0.3) is 5.76 Å². The van der Waals surface area contributed by atoms with Crippen LogP contribution in [0.1, 0.15) is 22.7 Å². The molecule has 1 aromatic heterocycles. The van der Waals surface area contributed by atoms with E-state index in [4.69, 9.17) is 14.2 Å². The fourth-order valence-corrected chi connectivity index (χ4v) is 4.28. The number of carbonyl (C=O) groups is 2. The zero-order valence-corrected chi connectivity index (χ0v) is 18.8. The third-order valence-corrected chi connectivity index (χ3v) is 5.98. The van der Waals surface area contributed by atoms with Crippen molar-refractivity contribution in [2.75, 3.05) is 20.3 Å². The first-order valence-electron chi connectivity index (χ1n) is 10.9. The summed E-state index contributed by atoms with van der Waals surface area (Å²) in [5.74, 6) is -0.846. The van der Waals surface area contributed by atoms with E-state index in [-0.39, 0.29) is 29.4 Å². The van der Waals surface area contributed by atoms with Gasteiger partial charge in [0.1, 0.15) is 19.0 Å². The molecule has 3 aromatic rings. The number of benzene rings is 2. The standard InChI is InChI=1S/C26H22N2O7/c1-33-20-12-16(2-4-18(20)29)23-22(24(30)17-3-5-19-21(13-17)35-11-10-34-19)25(31)26(32)28(23)14-15-6-8-27-9-7-15/h2-9,12-13,23,29-30H,10-11,14H2,1H3. The largest absolute Gasteiger partial charge is 0.507 e. The number of pyridine rings is 1. The smallest absolute Gasteiger partial charge is 0.295 e. The number of rotatable bonds is 5. The molecule has 1 fully saturated rings. The lowest BCUT2D eigenvalue weighted by molar-refractivity contribution is -0.140. The van der Waals surface area contributed by atoms with Crippen LogP contribution in [0.3, 0.4) is 0 Å². The van der Waals surface area contributed by atoms with Crippen molar-refractivity contribution < 1.29 is 34.0 Å². The first kappa shape index (κ1) is 22.3. The van der Waals surface area contributed by atoms with Crippen molar-refractivity contribution in [1.82, 2.24) is 9.88 Å². The van der Waals surface area contributed by atoms with Crippen LogP contribution in [0.4, 0.5) is 0 Å². The first-order chi connectivity index (χ1) is 17.0. The minimum Gasteiger partial charge on any atom is -0.507 e. The lowest BCUT2D eigenvalue weighted by Crippen LogP contribution is -2.29. The van der Waals surface area contributed by atoms with E-state index in [9.17, 15) is 19.8 Å². The van der Waals surface area contributed by atoms with Crippen LogP contribution in [0.5, 0.6) is 23.0 Å². The Bertz CT molecular complexity index is 1340. The van der Waals surface area contributed by atoms with E-state index in [1.165, 1.54) is 18.1 Å². The maximum atomic E-state index is 13.3. The summed E-state index contributed by atoms with van der Waals surface area (Å²) >= 11 is 0. The molecule has 2 aliphatic rings. The van der Waals surface area contributed by atoms with E-state index in [1.54, 1.807) is 54.9 Å². The van der Waals surface area contributed by atoms with Crippen molar-refractivity contribution >= 4 is 17.4 Å². The minimum atomic E-state index is -0.925. The van der Waals surface area contributed by atoms with Gasteiger partial charge in [-0.15, -0.1) is 0 Å². The third-order valence-electron chi connectivity index (χ3n) is 5.98. The van der Waals surface area contributed by atoms with Gasteiger partial charge in [-0.25, -0.2) is 0 Å². The van der Waals surface area contributed by atoms with Crippen molar-refractivity contribution in [3.8, 4) is 23.0 Å². The van der Waals surface area contributed by atoms with Gasteiger partial charge in [-0.1, -0.05) is 6.07 Å². The second-order valence-electron chi connectivity index (χ2n) is 8.07. The molecule has 9 heteroatoms. The monoisotopic (exact) mass is 474 g/mol. The van der Waals surface area contributed by atoms with Crippen LogP contribution in [-0.2, 0) is 16.1 Å². The van der Waals surface area contributed by atoms with Gasteiger partial charge in [0.15, 0.2) is 23.0 Å². The number of hydrogen-bond acceptors (Lipinski definition) is 8. The summed E-state index contributed by atoms with van der Waals surface area (Å²) in [5, 5.41) is 21.4. The maximum absolute atomic E-state index is 13.3. The van der Waals surface area contributed by atoms with Crippen LogP contribution in [-0.4, -0.2) is 52.1 Å². The Hall–Kier alpha value is -4.53. The van der Waals surface area contributed by atoms with E-state index in [2.05, 4.69) is 4.98 Å². The Labute approximate surface area is 200 Å². The Kier molecular flexibility index (Phi) is 5.74. The number of amides is 1. The molecule has 35 heavy (non-hydrogen) atoms. The second kappa shape index (κ2) is 9.02. The van der Waals surface area contributed by atoms with E-state index in [0.29, 0.717) is 35.8 Å². The van der Waals surface area contributed by atoms with Gasteiger partial charge in [-0.2, -0.15) is 0 Å². The van der Waals surface area contributed by atoms with Gasteiger partial charge in [0, 0.05) is 24.5 Å². The van der Waals surface area contributed by atoms with Crippen LogP contribution >= 0.6 is 0 Å². The Morgan fingerprint density at radius 1 is 1.06 bits per heavy atom. The fourth-order valence-electron chi connectivity index (χ4n) is 4.28. The topological polar surface area (TPSA) is 118 Å². The van der Waals surface area contributed by atoms with Gasteiger partial charge in [0.25, 0.3) is 11.7 Å². The number of methoxy groups -OCH3 is 1. The molecular formula is C26H22N2O7. The summed E-state index contributed by atoms with van der Waals surface area (Å²) < 4.78 is 16.4. The maximum Gasteiger partial charge on any atom is 0.295 e. The molecule has 1 unspecified atom stereocenters. The van der Waals surface area contributed by atoms with Crippen LogP contribution in [0.15, 0.2) is 66.5 Å². The number of ketones is 1. The normalized spacial score (nSPS) is 18.5. The summed E-state index contributed by atoms with van der Waals surface area (Å²) in [7, 11) is 1.40. The summed E-state index contributed by atoms with van der Waals surface area (Å²) in [6.45, 7) is 0.890. The third kappa shape index (κ3) is 4.01. The summed E-state index contributed by atoms with van der Waals surface area (Å²) in [6.07, 6.45) is 3.19. The molecule has 9 nitrogen and oxygen atoms in total. The molecule has 5 rings (SSSR count). The number of ether oxygens (including phenoxy) is 3. The number of nitrogens with zero attached hydrogens (tertiary/aromatic N) is 2. The Morgan fingerprint density at radius 3 is 2.54 bits per heavy atom. The molecule has 1 amide bonds. The van der Waals surface area contributed by atoms with Crippen molar-refractivity contribution in [2.24, 2.45) is 0 Å². The molecule has 0 spiro atoms. The highest BCUT2D eigenvalue weighted by Gasteiger charge is 2.46. The SMILES string of the molecule is COc1cc(C2C(=C(O)c3ccc4c(c3)OCCO4)C(=O)C(=O)N2Cc2ccncc2)ccc1O. The van der Waals surface area contributed by atoms with E-state index < -0.39 is 17.7 Å². The van der Waals surface area contributed by atoms with Crippen molar-refractivity contribution in [2.45, 2.75) is 12.6 Å². The van der Waals surface area contributed by atoms with Gasteiger partial charge < -0.3 is 29.3 Å². The molecule has 1 saturated heterocycles. The van der Waals surface area contributed by atoms with E-state index >= 15 is 0 Å². The lowest BCUT2D eigenvalue weighted by atomic mass is 9.94. The summed E-state index contributed by atoms with van der Waals surface area (Å²) in [5.41, 5.74) is 1.49. The van der Waals surface area contributed by atoms with Gasteiger partial charge in [0.05, 0.1) is 18.7 Å². The van der Waals surface area contributed by atoms with Crippen molar-refractivity contribution in [1.29, 1.82) is 0 Å². The molecule has 178 valence electrons. The Morgan fingerprint density at radius 2 is 1.80 bits per heavy atom. The van der Waals surface area contributed by atoms with Crippen LogP contribution in [0, 0.1) is 0 Å². The van der Waals surface area contributed by atoms with Gasteiger partial charge >= 0.3 is 0 Å². The average molecular weight is 474 g/mol. The number of Topliss-reactive ketones (excluding diaryl/α,β-unsaturated/α-hetero) is 1. The summed E-state index contributed by atoms with van der Waals surface area (Å²) in [6, 6.07) is 11.9. The first-order valence-corrected chi connectivity index (χ1v) is 10.9. The van der Waals surface area contributed by atoms with Gasteiger partial charge in [0.2, 0.25) is 0 Å². The number of phenolic OH excluding ortho intramolecular Hbond substituents is 1. The number of aromatic hydroxyl groups is 1. The number of likely N-dealkylation sites (tertiary alicyclic amines) is 1. The highest BCUT2D eigenvalue weighted by atomic mass is 16.6. The zero-order valence-electron chi connectivity index (χ0n) is 18.8. The highest BCUT2D eigenvalue weighted by molar-refractivity contribution is 6.46. The van der Waals surface area contributed by atoms with Crippen molar-refractivity contribution in [3.63, 3.8) is 0 Å². The molecule has 2 aromatic carbocycles. The molecule has 0 radical (unpaired) electrons. The number of fused-ring (bicyclic) bond motifs is 1. The number of aliphatic hydroxyl groups excluding tert-OH is 1. The summed E-state index contributed by atoms with van der Waals surface area (Å²) in [4.78, 5) is 31.8. The average Bonchev–Trinajstić information content (AvgIpc) is 3.14. The molecule has 0 saturated carbocycles. The van der Waals surface area contributed by atoms with Crippen molar-refractivity contribution in [3.05, 3.63) is 83.2 Å². The molecule has 3 heterocycles. The number of aromatic nitrogens is 1. The zero-order chi connectivity index (χ0) is 24.5. The molecule has 2 aliphatic heterocycles. The van der Waals surface area contributed by atoms with Crippen LogP contribution < -0.4 is 14.2 Å². The lowest BCUT2D eigenvalue weighted by Gasteiger charge is -2.26. The predicted molar refractivity (Wildman–Crippen MR) is 124 cm³/mol. The highest BCUT2D eigenvalue weighted by Crippen LogP contribution is 2.43. The molecule has 0 aliphatic carbocycles. The number of carbonyl (C=O) groups excluding carboxylic acids is 2. The molecular weight excluding hydrogens is 452 g/mol. The van der Waals surface area contributed by atoms with Gasteiger partial charge in [-0.3, -0.25) is 14.6 Å². The van der Waals surface area contributed by atoms with Crippen LogP contribution in [0.2, 0.25) is 0 Å². The van der Waals surface area contributed by atoms with E-state index in [1.807, 2.05) is 0 Å². The Balaban J connectivity index is 1.65. The number of aliphatic hydroxyl groups is 1. The fraction of sp³-hybridized carbons (Fsp3) is 0.192. The second-order valence-corrected chi connectivity index (χ2v) is 8.07. The molecule has 1 atom stereocenters. The minimum absolute atomic E-state index is 0.0755. The number of phenols is 1. The molecule has 2 N–H and O–H groups in total. The quantitative estimate of drug-likeness (QED) is 0.329. The number of hydrogen-bond donors (Lipinski definition) is 2. The van der Waals surface area contributed by atoms with Gasteiger partial charge in [-0.05, 0) is 53.6 Å². The predicted octanol–water partition coefficient (Wildman–Crippen LogP) is 3.19. The van der Waals surface area contributed by atoms with E-state index in [0.717, 1.165) is 5.56 Å². The molecule has 0 bridgehead atoms.